The average Bonchev–Trinajstić information content (AvgIpc) is 2.00. The van der Waals surface area contributed by atoms with Crippen molar-refractivity contribution in [1.29, 1.82) is 0 Å². The molecule has 1 heterocycles. The molecule has 0 radical (unpaired) electrons. The van der Waals surface area contributed by atoms with Crippen molar-refractivity contribution in [3.63, 3.8) is 0 Å². The number of hydrogen-bond acceptors (Lipinski definition) is 2. The molecule has 3 nitrogen and oxygen atoms in total. The molecule has 2 atom stereocenters. The van der Waals surface area contributed by atoms with Crippen molar-refractivity contribution in [2.45, 2.75) is 26.0 Å². The Labute approximate surface area is 71.3 Å². The topological polar surface area (TPSA) is 60.6 Å². The lowest BCUT2D eigenvalue weighted by Gasteiger charge is -2.17. The fraction of sp³-hybridized carbons (Fsp3) is 1.00. The fourth-order valence-electron chi connectivity index (χ4n) is 0.772. The first-order chi connectivity index (χ1) is 4.80. The molecule has 0 aromatic carbocycles. The van der Waals surface area contributed by atoms with E-state index in [0.717, 1.165) is 18.8 Å². The van der Waals surface area contributed by atoms with Crippen molar-refractivity contribution in [1.82, 2.24) is 5.32 Å². The molecule has 1 aliphatic rings. The molecule has 0 amide bonds. The maximum atomic E-state index is 10.9. The van der Waals surface area contributed by atoms with Crippen LogP contribution in [0.2, 0.25) is 0 Å². The fourth-order valence-corrected chi connectivity index (χ4v) is 1.82. The van der Waals surface area contributed by atoms with Crippen LogP contribution >= 0.6 is 0 Å². The Balaban J connectivity index is 0. The van der Waals surface area contributed by atoms with E-state index in [1.54, 1.807) is 0 Å². The maximum Gasteiger partial charge on any atom is 0.0444 e. The van der Waals surface area contributed by atoms with Crippen LogP contribution in [0.3, 0.4) is 0 Å². The van der Waals surface area contributed by atoms with Gasteiger partial charge in [-0.15, -0.1) is 0 Å². The number of nitrogens with one attached hydrogen (secondary N) is 1. The van der Waals surface area contributed by atoms with Crippen LogP contribution < -0.4 is 5.32 Å². The summed E-state index contributed by atoms with van der Waals surface area (Å²) in [6.45, 7) is 7.87. The van der Waals surface area contributed by atoms with Crippen molar-refractivity contribution >= 4 is 10.8 Å². The van der Waals surface area contributed by atoms with Gasteiger partial charge in [0, 0.05) is 34.9 Å². The second-order valence-corrected chi connectivity index (χ2v) is 4.07. The normalized spacial score (nSPS) is 29.4. The van der Waals surface area contributed by atoms with Crippen molar-refractivity contribution in [2.75, 3.05) is 18.8 Å². The molecule has 1 aliphatic heterocycles. The standard InChI is InChI=1S/C5H11NOS.C2H6.H2O/c1-5-4-6-2-3-8(5)7;1-2;/h5-6H,2-4H2,1H3;1-2H3;1H2. The maximum absolute atomic E-state index is 10.9. The first-order valence-corrected chi connectivity index (χ1v) is 5.27. The molecule has 70 valence electrons. The molecule has 0 bridgehead atoms. The van der Waals surface area contributed by atoms with Gasteiger partial charge in [-0.1, -0.05) is 13.8 Å². The second-order valence-electron chi connectivity index (χ2n) is 2.10. The Morgan fingerprint density at radius 3 is 2.27 bits per heavy atom. The van der Waals surface area contributed by atoms with Gasteiger partial charge in [-0.25, -0.2) is 0 Å². The third-order valence-corrected chi connectivity index (χ3v) is 3.03. The Bertz CT molecular complexity index is 109. The van der Waals surface area contributed by atoms with E-state index in [-0.39, 0.29) is 5.48 Å². The van der Waals surface area contributed by atoms with Gasteiger partial charge in [0.15, 0.2) is 0 Å². The highest BCUT2D eigenvalue weighted by atomic mass is 32.2. The van der Waals surface area contributed by atoms with Gasteiger partial charge < -0.3 is 10.8 Å². The summed E-state index contributed by atoms with van der Waals surface area (Å²) in [6, 6.07) is 0. The number of rotatable bonds is 0. The molecule has 4 heteroatoms. The molecule has 0 saturated carbocycles. The zero-order valence-corrected chi connectivity index (χ0v) is 8.33. The molecule has 1 fully saturated rings. The molecule has 0 spiro atoms. The largest absolute Gasteiger partial charge is 0.412 e. The van der Waals surface area contributed by atoms with Crippen molar-refractivity contribution in [3.05, 3.63) is 0 Å². The number of hydrogen-bond donors (Lipinski definition) is 1. The van der Waals surface area contributed by atoms with E-state index in [1.807, 2.05) is 20.8 Å². The van der Waals surface area contributed by atoms with E-state index >= 15 is 0 Å². The van der Waals surface area contributed by atoms with Crippen LogP contribution in [-0.2, 0) is 10.8 Å². The lowest BCUT2D eigenvalue weighted by molar-refractivity contribution is 0.628. The third-order valence-electron chi connectivity index (χ3n) is 1.36. The van der Waals surface area contributed by atoms with Crippen LogP contribution in [0.15, 0.2) is 0 Å². The van der Waals surface area contributed by atoms with Crippen LogP contribution in [0.25, 0.3) is 0 Å². The average molecular weight is 181 g/mol. The summed E-state index contributed by atoms with van der Waals surface area (Å²) in [4.78, 5) is 0. The highest BCUT2D eigenvalue weighted by Gasteiger charge is 2.13. The summed E-state index contributed by atoms with van der Waals surface area (Å²) in [5.41, 5.74) is 0. The van der Waals surface area contributed by atoms with Gasteiger partial charge in [0.25, 0.3) is 0 Å². The van der Waals surface area contributed by atoms with Gasteiger partial charge in [-0.3, -0.25) is 4.21 Å². The van der Waals surface area contributed by atoms with Gasteiger partial charge in [0.1, 0.15) is 0 Å². The molecule has 11 heavy (non-hydrogen) atoms. The molecule has 3 N–H and O–H groups in total. The highest BCUT2D eigenvalue weighted by Crippen LogP contribution is 1.97. The molecule has 0 aromatic heterocycles. The van der Waals surface area contributed by atoms with Crippen LogP contribution in [0.4, 0.5) is 0 Å². The predicted molar refractivity (Wildman–Crippen MR) is 50.3 cm³/mol. The molecule has 0 aromatic rings. The summed E-state index contributed by atoms with van der Waals surface area (Å²) >= 11 is 0. The minimum absolute atomic E-state index is 0. The summed E-state index contributed by atoms with van der Waals surface area (Å²) in [7, 11) is -0.547. The zero-order valence-electron chi connectivity index (χ0n) is 7.52. The molecular formula is C7H19NO2S. The van der Waals surface area contributed by atoms with Gasteiger partial charge in [-0.2, -0.15) is 0 Å². The SMILES string of the molecule is CC.CC1CNCCS1=O.O. The third kappa shape index (κ3) is 5.35. The smallest absolute Gasteiger partial charge is 0.0444 e. The minimum atomic E-state index is -0.547. The monoisotopic (exact) mass is 181 g/mol. The van der Waals surface area contributed by atoms with E-state index in [9.17, 15) is 4.21 Å². The zero-order chi connectivity index (χ0) is 7.98. The van der Waals surface area contributed by atoms with Gasteiger partial charge in [0.05, 0.1) is 0 Å². The molecule has 2 unspecified atom stereocenters. The van der Waals surface area contributed by atoms with Crippen molar-refractivity contribution < 1.29 is 9.69 Å². The lowest BCUT2D eigenvalue weighted by atomic mass is 10.4. The Hall–Kier alpha value is 0.0700. The predicted octanol–water partition coefficient (Wildman–Crippen LogP) is -0.0717. The Kier molecular flexibility index (Phi) is 10.1. The van der Waals surface area contributed by atoms with Crippen LogP contribution in [0.5, 0.6) is 0 Å². The van der Waals surface area contributed by atoms with Gasteiger partial charge in [0.2, 0.25) is 0 Å². The molecular weight excluding hydrogens is 162 g/mol. The second kappa shape index (κ2) is 8.17. The van der Waals surface area contributed by atoms with Crippen molar-refractivity contribution in [2.24, 2.45) is 0 Å². The first kappa shape index (κ1) is 13.6. The van der Waals surface area contributed by atoms with Crippen LogP contribution in [0.1, 0.15) is 20.8 Å². The quantitative estimate of drug-likeness (QED) is 0.568. The van der Waals surface area contributed by atoms with E-state index in [4.69, 9.17) is 0 Å². The van der Waals surface area contributed by atoms with Gasteiger partial charge >= 0.3 is 0 Å². The minimum Gasteiger partial charge on any atom is -0.412 e. The van der Waals surface area contributed by atoms with Crippen LogP contribution in [-0.4, -0.2) is 33.8 Å². The van der Waals surface area contributed by atoms with Gasteiger partial charge in [-0.05, 0) is 6.92 Å². The summed E-state index contributed by atoms with van der Waals surface area (Å²) in [5.74, 6) is 0.834. The Morgan fingerprint density at radius 1 is 1.45 bits per heavy atom. The van der Waals surface area contributed by atoms with E-state index in [0.29, 0.717) is 5.25 Å². The lowest BCUT2D eigenvalue weighted by Crippen LogP contribution is -2.38. The first-order valence-electron chi connectivity index (χ1n) is 3.88. The van der Waals surface area contributed by atoms with E-state index < -0.39 is 10.8 Å². The van der Waals surface area contributed by atoms with E-state index in [1.165, 1.54) is 0 Å². The summed E-state index contributed by atoms with van der Waals surface area (Å²) in [5, 5.41) is 3.54. The summed E-state index contributed by atoms with van der Waals surface area (Å²) in [6.07, 6.45) is 0. The van der Waals surface area contributed by atoms with E-state index in [2.05, 4.69) is 5.32 Å². The highest BCUT2D eigenvalue weighted by molar-refractivity contribution is 7.85. The molecule has 1 saturated heterocycles. The van der Waals surface area contributed by atoms with Crippen molar-refractivity contribution in [3.8, 4) is 0 Å². The van der Waals surface area contributed by atoms with Crippen LogP contribution in [0, 0.1) is 0 Å². The Morgan fingerprint density at radius 2 is 2.00 bits per heavy atom. The molecule has 0 aliphatic carbocycles. The molecule has 1 rings (SSSR count). The summed E-state index contributed by atoms with van der Waals surface area (Å²) < 4.78 is 10.9.